The molecule has 1 aliphatic carbocycles. The molecule has 1 amide bonds. The summed E-state index contributed by atoms with van der Waals surface area (Å²) in [4.78, 5) is 13.8. The predicted molar refractivity (Wildman–Crippen MR) is 110 cm³/mol. The summed E-state index contributed by atoms with van der Waals surface area (Å²) in [6, 6.07) is 5.87. The van der Waals surface area contributed by atoms with E-state index in [0.717, 1.165) is 37.0 Å². The standard InChI is InChI=1S/C21H33N3O3S/c1-3-19(4-2)22-21(25)16-23-11-13-24(14-12-23)28(26,27)20-10-9-17-7-5-6-8-18(17)15-20/h9-10,15,19H,3-8,11-14,16H2,1-2H3,(H,22,25)/p+1. The molecule has 2 N–H and O–H groups in total. The average Bonchev–Trinajstić information content (AvgIpc) is 2.72. The van der Waals surface area contributed by atoms with Gasteiger partial charge in [0.1, 0.15) is 0 Å². The topological polar surface area (TPSA) is 70.9 Å². The van der Waals surface area contributed by atoms with Crippen LogP contribution < -0.4 is 10.2 Å². The van der Waals surface area contributed by atoms with Crippen LogP contribution in [0.1, 0.15) is 50.7 Å². The number of carbonyl (C=O) groups is 1. The molecule has 0 saturated carbocycles. The Kier molecular flexibility index (Phi) is 7.12. The second-order valence-corrected chi connectivity index (χ2v) is 9.99. The van der Waals surface area contributed by atoms with Gasteiger partial charge in [-0.25, -0.2) is 8.42 Å². The van der Waals surface area contributed by atoms with Crippen LogP contribution in [0, 0.1) is 0 Å². The first kappa shape index (κ1) is 21.3. The third kappa shape index (κ3) is 4.93. The van der Waals surface area contributed by atoms with Crippen molar-refractivity contribution in [2.45, 2.75) is 63.3 Å². The van der Waals surface area contributed by atoms with E-state index in [9.17, 15) is 13.2 Å². The van der Waals surface area contributed by atoms with Gasteiger partial charge in [-0.1, -0.05) is 19.9 Å². The van der Waals surface area contributed by atoms with Crippen LogP contribution in [0.3, 0.4) is 0 Å². The van der Waals surface area contributed by atoms with Crippen molar-refractivity contribution >= 4 is 15.9 Å². The number of carbonyl (C=O) groups excluding carboxylic acids is 1. The minimum Gasteiger partial charge on any atom is -0.349 e. The van der Waals surface area contributed by atoms with Crippen molar-refractivity contribution in [3.05, 3.63) is 29.3 Å². The lowest BCUT2D eigenvalue weighted by atomic mass is 9.92. The Morgan fingerprint density at radius 2 is 1.75 bits per heavy atom. The van der Waals surface area contributed by atoms with Crippen molar-refractivity contribution in [3.63, 3.8) is 0 Å². The zero-order valence-electron chi connectivity index (χ0n) is 17.2. The number of hydrogen-bond acceptors (Lipinski definition) is 3. The monoisotopic (exact) mass is 408 g/mol. The first-order valence-electron chi connectivity index (χ1n) is 10.7. The quantitative estimate of drug-likeness (QED) is 0.700. The van der Waals surface area contributed by atoms with E-state index >= 15 is 0 Å². The van der Waals surface area contributed by atoms with E-state index in [-0.39, 0.29) is 11.9 Å². The minimum absolute atomic E-state index is 0.0645. The maximum atomic E-state index is 13.1. The highest BCUT2D eigenvalue weighted by molar-refractivity contribution is 7.89. The molecule has 3 rings (SSSR count). The number of benzene rings is 1. The maximum absolute atomic E-state index is 13.1. The van der Waals surface area contributed by atoms with Gasteiger partial charge in [-0.15, -0.1) is 0 Å². The van der Waals surface area contributed by atoms with Crippen molar-refractivity contribution in [3.8, 4) is 0 Å². The number of amides is 1. The normalized spacial score (nSPS) is 18.8. The highest BCUT2D eigenvalue weighted by Crippen LogP contribution is 2.25. The number of aryl methyl sites for hydroxylation is 2. The van der Waals surface area contributed by atoms with E-state index in [4.69, 9.17) is 0 Å². The van der Waals surface area contributed by atoms with E-state index in [2.05, 4.69) is 19.2 Å². The van der Waals surface area contributed by atoms with Crippen molar-refractivity contribution in [1.82, 2.24) is 9.62 Å². The van der Waals surface area contributed by atoms with Crippen molar-refractivity contribution in [1.29, 1.82) is 0 Å². The number of nitrogens with one attached hydrogen (secondary N) is 2. The number of sulfonamides is 1. The molecule has 1 heterocycles. The van der Waals surface area contributed by atoms with Crippen LogP contribution in [0.5, 0.6) is 0 Å². The molecule has 0 aromatic heterocycles. The minimum atomic E-state index is -3.45. The molecular formula is C21H34N3O3S+. The second kappa shape index (κ2) is 9.37. The molecule has 0 spiro atoms. The summed E-state index contributed by atoms with van der Waals surface area (Å²) in [7, 11) is -3.45. The van der Waals surface area contributed by atoms with Crippen LogP contribution in [0.4, 0.5) is 0 Å². The highest BCUT2D eigenvalue weighted by Gasteiger charge is 2.31. The molecule has 1 saturated heterocycles. The lowest BCUT2D eigenvalue weighted by molar-refractivity contribution is -0.895. The van der Waals surface area contributed by atoms with Crippen LogP contribution in [0.25, 0.3) is 0 Å². The van der Waals surface area contributed by atoms with E-state index in [1.54, 1.807) is 10.4 Å². The van der Waals surface area contributed by atoms with Gasteiger partial charge in [0.25, 0.3) is 5.91 Å². The molecule has 1 aromatic carbocycles. The Morgan fingerprint density at radius 3 is 2.39 bits per heavy atom. The Hall–Kier alpha value is -1.44. The summed E-state index contributed by atoms with van der Waals surface area (Å²) in [5, 5.41) is 3.07. The molecule has 0 atom stereocenters. The van der Waals surface area contributed by atoms with Crippen molar-refractivity contribution in [2.24, 2.45) is 0 Å². The van der Waals surface area contributed by atoms with Crippen molar-refractivity contribution in [2.75, 3.05) is 32.7 Å². The predicted octanol–water partition coefficient (Wildman–Crippen LogP) is 0.759. The molecular weight excluding hydrogens is 374 g/mol. The summed E-state index contributed by atoms with van der Waals surface area (Å²) in [5.74, 6) is 0.0645. The van der Waals surface area contributed by atoms with Gasteiger partial charge in [-0.05, 0) is 61.8 Å². The molecule has 28 heavy (non-hydrogen) atoms. The SMILES string of the molecule is CCC(CC)NC(=O)C[NH+]1CCN(S(=O)(=O)c2ccc3c(c2)CCCC3)CC1. The lowest BCUT2D eigenvalue weighted by Gasteiger charge is -2.31. The molecule has 1 aliphatic heterocycles. The summed E-state index contributed by atoms with van der Waals surface area (Å²) in [6.07, 6.45) is 6.22. The van der Waals surface area contributed by atoms with Crippen LogP contribution in [0.2, 0.25) is 0 Å². The summed E-state index contributed by atoms with van der Waals surface area (Å²) in [6.45, 7) is 6.83. The Bertz CT molecular complexity index is 782. The number of fused-ring (bicyclic) bond motifs is 1. The first-order valence-corrected chi connectivity index (χ1v) is 12.1. The zero-order valence-corrected chi connectivity index (χ0v) is 18.0. The van der Waals surface area contributed by atoms with Gasteiger partial charge < -0.3 is 10.2 Å². The molecule has 6 nitrogen and oxygen atoms in total. The van der Waals surface area contributed by atoms with Crippen molar-refractivity contribution < 1.29 is 18.1 Å². The highest BCUT2D eigenvalue weighted by atomic mass is 32.2. The fraction of sp³-hybridized carbons (Fsp3) is 0.667. The molecule has 156 valence electrons. The average molecular weight is 409 g/mol. The Labute approximate surface area is 169 Å². The number of quaternary nitrogens is 1. The third-order valence-electron chi connectivity index (χ3n) is 6.15. The summed E-state index contributed by atoms with van der Waals surface area (Å²) < 4.78 is 27.7. The Morgan fingerprint density at radius 1 is 1.11 bits per heavy atom. The zero-order chi connectivity index (χ0) is 20.1. The van der Waals surface area contributed by atoms with Gasteiger partial charge in [-0.3, -0.25) is 4.79 Å². The van der Waals surface area contributed by atoms with Gasteiger partial charge in [-0.2, -0.15) is 4.31 Å². The van der Waals surface area contributed by atoms with Gasteiger partial charge in [0.05, 0.1) is 31.1 Å². The van der Waals surface area contributed by atoms with E-state index in [0.29, 0.717) is 37.6 Å². The van der Waals surface area contributed by atoms with Gasteiger partial charge in [0, 0.05) is 6.04 Å². The second-order valence-electron chi connectivity index (χ2n) is 8.05. The molecule has 1 aromatic rings. The fourth-order valence-electron chi connectivity index (χ4n) is 4.24. The number of piperazine rings is 1. The van der Waals surface area contributed by atoms with Crippen LogP contribution in [-0.2, 0) is 27.7 Å². The number of nitrogens with zero attached hydrogens (tertiary/aromatic N) is 1. The molecule has 0 radical (unpaired) electrons. The summed E-state index contributed by atoms with van der Waals surface area (Å²) >= 11 is 0. The molecule has 0 bridgehead atoms. The fourth-order valence-corrected chi connectivity index (χ4v) is 5.73. The smallest absolute Gasteiger partial charge is 0.275 e. The van der Waals surface area contributed by atoms with Crippen LogP contribution in [0.15, 0.2) is 23.1 Å². The Balaban J connectivity index is 1.57. The largest absolute Gasteiger partial charge is 0.349 e. The van der Waals surface area contributed by atoms with Gasteiger partial charge >= 0.3 is 0 Å². The van der Waals surface area contributed by atoms with Crippen LogP contribution >= 0.6 is 0 Å². The molecule has 2 aliphatic rings. The third-order valence-corrected chi connectivity index (χ3v) is 8.04. The van der Waals surface area contributed by atoms with E-state index in [1.807, 2.05) is 12.1 Å². The van der Waals surface area contributed by atoms with E-state index < -0.39 is 10.0 Å². The molecule has 0 unspecified atom stereocenters. The molecule has 1 fully saturated rings. The number of rotatable bonds is 7. The number of hydrogen-bond donors (Lipinski definition) is 2. The van der Waals surface area contributed by atoms with Gasteiger partial charge in [0.15, 0.2) is 6.54 Å². The lowest BCUT2D eigenvalue weighted by Crippen LogP contribution is -3.15. The summed E-state index contributed by atoms with van der Waals surface area (Å²) in [5.41, 5.74) is 2.48. The van der Waals surface area contributed by atoms with E-state index in [1.165, 1.54) is 17.5 Å². The molecule has 7 heteroatoms. The van der Waals surface area contributed by atoms with Gasteiger partial charge in [0.2, 0.25) is 10.0 Å². The first-order chi connectivity index (χ1) is 13.4. The maximum Gasteiger partial charge on any atom is 0.275 e. The van der Waals surface area contributed by atoms with Crippen LogP contribution in [-0.4, -0.2) is 57.4 Å².